The van der Waals surface area contributed by atoms with Gasteiger partial charge < -0.3 is 20.3 Å². The fourth-order valence-corrected chi connectivity index (χ4v) is 3.93. The lowest BCUT2D eigenvalue weighted by Crippen LogP contribution is -2.37. The molecule has 0 spiro atoms. The lowest BCUT2D eigenvalue weighted by Gasteiger charge is -2.28. The van der Waals surface area contributed by atoms with Crippen LogP contribution in [0.25, 0.3) is 0 Å². The van der Waals surface area contributed by atoms with Gasteiger partial charge in [-0.3, -0.25) is 10.1 Å². The molecule has 156 valence electrons. The molecule has 2 saturated heterocycles. The maximum atomic E-state index is 13.2. The number of pyridine rings is 1. The van der Waals surface area contributed by atoms with Gasteiger partial charge in [0.2, 0.25) is 5.95 Å². The molecule has 2 bridgehead atoms. The SMILES string of the molecule is Cc1cc(Nc2nc(N[C@@H](C)c3ccc(F)cn3)cc(N3C[C@@H]4C[C@@H]3CO4)n2)n[nH]1. The molecule has 0 aliphatic carbocycles. The van der Waals surface area contributed by atoms with Gasteiger partial charge in [0.1, 0.15) is 17.5 Å². The zero-order valence-electron chi connectivity index (χ0n) is 16.8. The summed E-state index contributed by atoms with van der Waals surface area (Å²) in [5.41, 5.74) is 1.67. The Balaban J connectivity index is 1.43. The number of nitrogens with zero attached hydrogens (tertiary/aromatic N) is 5. The summed E-state index contributed by atoms with van der Waals surface area (Å²) in [4.78, 5) is 15.8. The van der Waals surface area contributed by atoms with Crippen LogP contribution in [0.4, 0.5) is 27.8 Å². The third-order valence-electron chi connectivity index (χ3n) is 5.41. The van der Waals surface area contributed by atoms with Gasteiger partial charge >= 0.3 is 0 Å². The minimum absolute atomic E-state index is 0.160. The van der Waals surface area contributed by atoms with Gasteiger partial charge in [0, 0.05) is 24.4 Å². The van der Waals surface area contributed by atoms with Crippen LogP contribution in [0.15, 0.2) is 30.5 Å². The van der Waals surface area contributed by atoms with Crippen LogP contribution in [-0.4, -0.2) is 50.4 Å². The topological polar surface area (TPSA) is 104 Å². The maximum Gasteiger partial charge on any atom is 0.232 e. The first kappa shape index (κ1) is 18.7. The smallest absolute Gasteiger partial charge is 0.232 e. The molecule has 3 atom stereocenters. The standard InChI is InChI=1S/C20H23FN8O/c1-11-5-18(28-27-11)25-20-24-17(23-12(2)16-4-3-13(21)8-22-16)7-19(26-20)29-9-15-6-14(29)10-30-15/h3-5,7-8,12,14-15H,6,9-10H2,1-2H3,(H3,23,24,25,26,27,28)/t12-,14+,15-/m0/s1. The molecule has 0 unspecified atom stereocenters. The van der Waals surface area contributed by atoms with Crippen LogP contribution < -0.4 is 15.5 Å². The molecule has 0 amide bonds. The summed E-state index contributed by atoms with van der Waals surface area (Å²) in [6, 6.07) is 7.06. The summed E-state index contributed by atoms with van der Waals surface area (Å²) in [5.74, 6) is 2.22. The molecule has 3 aromatic heterocycles. The Morgan fingerprint density at radius 2 is 2.17 bits per heavy atom. The highest BCUT2D eigenvalue weighted by Crippen LogP contribution is 2.33. The Morgan fingerprint density at radius 1 is 1.27 bits per heavy atom. The fraction of sp³-hybridized carbons (Fsp3) is 0.400. The average molecular weight is 410 g/mol. The predicted molar refractivity (Wildman–Crippen MR) is 110 cm³/mol. The van der Waals surface area contributed by atoms with Gasteiger partial charge in [-0.25, -0.2) is 4.39 Å². The summed E-state index contributed by atoms with van der Waals surface area (Å²) >= 11 is 0. The molecular weight excluding hydrogens is 387 g/mol. The van der Waals surface area contributed by atoms with E-state index in [4.69, 9.17) is 9.72 Å². The van der Waals surface area contributed by atoms with Crippen molar-refractivity contribution in [3.63, 3.8) is 0 Å². The van der Waals surface area contributed by atoms with E-state index in [2.05, 4.69) is 35.7 Å². The minimum atomic E-state index is -0.359. The molecule has 2 fully saturated rings. The van der Waals surface area contributed by atoms with Crippen LogP contribution in [0.1, 0.15) is 30.8 Å². The van der Waals surface area contributed by atoms with E-state index in [0.717, 1.165) is 30.2 Å². The molecule has 30 heavy (non-hydrogen) atoms. The van der Waals surface area contributed by atoms with Crippen molar-refractivity contribution in [3.05, 3.63) is 47.7 Å². The highest BCUT2D eigenvalue weighted by molar-refractivity contribution is 5.59. The number of hydrogen-bond acceptors (Lipinski definition) is 8. The number of hydrogen-bond donors (Lipinski definition) is 3. The zero-order valence-corrected chi connectivity index (χ0v) is 16.8. The maximum absolute atomic E-state index is 13.2. The van der Waals surface area contributed by atoms with E-state index in [-0.39, 0.29) is 18.0 Å². The number of aromatic amines is 1. The molecule has 9 nitrogen and oxygen atoms in total. The summed E-state index contributed by atoms with van der Waals surface area (Å²) in [6.07, 6.45) is 2.49. The third kappa shape index (κ3) is 3.78. The number of anilines is 4. The van der Waals surface area contributed by atoms with Gasteiger partial charge in [0.15, 0.2) is 5.82 Å². The van der Waals surface area contributed by atoms with Gasteiger partial charge in [0.05, 0.1) is 36.7 Å². The summed E-state index contributed by atoms with van der Waals surface area (Å²) in [6.45, 7) is 5.42. The van der Waals surface area contributed by atoms with E-state index >= 15 is 0 Å². The van der Waals surface area contributed by atoms with E-state index < -0.39 is 0 Å². The van der Waals surface area contributed by atoms with Gasteiger partial charge in [-0.2, -0.15) is 15.1 Å². The first-order valence-electron chi connectivity index (χ1n) is 9.98. The quantitative estimate of drug-likeness (QED) is 0.570. The summed E-state index contributed by atoms with van der Waals surface area (Å²) in [7, 11) is 0. The second kappa shape index (κ2) is 7.52. The normalized spacial score (nSPS) is 21.1. The van der Waals surface area contributed by atoms with E-state index in [9.17, 15) is 4.39 Å². The molecule has 2 aliphatic heterocycles. The van der Waals surface area contributed by atoms with E-state index in [1.54, 1.807) is 6.07 Å². The number of halogens is 1. The van der Waals surface area contributed by atoms with Crippen molar-refractivity contribution in [1.82, 2.24) is 25.1 Å². The van der Waals surface area contributed by atoms with Crippen molar-refractivity contribution in [3.8, 4) is 0 Å². The van der Waals surface area contributed by atoms with E-state index in [1.807, 2.05) is 26.0 Å². The molecule has 10 heteroatoms. The van der Waals surface area contributed by atoms with Crippen LogP contribution in [-0.2, 0) is 4.74 Å². The lowest BCUT2D eigenvalue weighted by atomic mass is 10.2. The molecule has 3 aromatic rings. The number of H-pyrrole nitrogens is 1. The Morgan fingerprint density at radius 3 is 2.83 bits per heavy atom. The van der Waals surface area contributed by atoms with Gasteiger partial charge in [-0.05, 0) is 32.4 Å². The largest absolute Gasteiger partial charge is 0.374 e. The monoisotopic (exact) mass is 410 g/mol. The molecule has 2 aliphatic rings. The minimum Gasteiger partial charge on any atom is -0.374 e. The molecule has 0 aromatic carbocycles. The van der Waals surface area contributed by atoms with Gasteiger partial charge in [0.25, 0.3) is 0 Å². The van der Waals surface area contributed by atoms with Crippen molar-refractivity contribution in [2.75, 3.05) is 28.7 Å². The first-order valence-corrected chi connectivity index (χ1v) is 9.98. The second-order valence-corrected chi connectivity index (χ2v) is 7.76. The number of fused-ring (bicyclic) bond motifs is 2. The second-order valence-electron chi connectivity index (χ2n) is 7.76. The highest BCUT2D eigenvalue weighted by Gasteiger charge is 2.40. The third-order valence-corrected chi connectivity index (χ3v) is 5.41. The lowest BCUT2D eigenvalue weighted by molar-refractivity contribution is 0.0989. The van der Waals surface area contributed by atoms with Crippen molar-refractivity contribution in [2.45, 2.75) is 38.5 Å². The number of aryl methyl sites for hydroxylation is 1. The van der Waals surface area contributed by atoms with E-state index in [1.165, 1.54) is 12.3 Å². The molecule has 0 radical (unpaired) electrons. The number of aromatic nitrogens is 5. The van der Waals surface area contributed by atoms with Crippen LogP contribution in [0.5, 0.6) is 0 Å². The molecular formula is C20H23FN8O. The summed E-state index contributed by atoms with van der Waals surface area (Å²) < 4.78 is 18.9. The number of morpholine rings is 1. The first-order chi connectivity index (χ1) is 14.5. The molecule has 0 saturated carbocycles. The van der Waals surface area contributed by atoms with Crippen LogP contribution in [0.2, 0.25) is 0 Å². The molecule has 5 rings (SSSR count). The Hall–Kier alpha value is -3.27. The van der Waals surface area contributed by atoms with Gasteiger partial charge in [-0.15, -0.1) is 0 Å². The molecule has 3 N–H and O–H groups in total. The van der Waals surface area contributed by atoms with Crippen LogP contribution in [0, 0.1) is 12.7 Å². The van der Waals surface area contributed by atoms with Crippen molar-refractivity contribution in [2.24, 2.45) is 0 Å². The Labute approximate surface area is 173 Å². The van der Waals surface area contributed by atoms with Gasteiger partial charge in [-0.1, -0.05) is 0 Å². The van der Waals surface area contributed by atoms with Crippen molar-refractivity contribution >= 4 is 23.4 Å². The number of rotatable bonds is 6. The Kier molecular flexibility index (Phi) is 4.70. The Bertz CT molecular complexity index is 1040. The summed E-state index contributed by atoms with van der Waals surface area (Å²) in [5, 5.41) is 13.6. The predicted octanol–water partition coefficient (Wildman–Crippen LogP) is 2.94. The number of ether oxygens (including phenoxy) is 1. The van der Waals surface area contributed by atoms with E-state index in [0.29, 0.717) is 30.2 Å². The fourth-order valence-electron chi connectivity index (χ4n) is 3.93. The highest BCUT2D eigenvalue weighted by atomic mass is 19.1. The number of nitrogens with one attached hydrogen (secondary N) is 3. The zero-order chi connectivity index (χ0) is 20.7. The molecule has 5 heterocycles. The van der Waals surface area contributed by atoms with Crippen LogP contribution >= 0.6 is 0 Å². The average Bonchev–Trinajstić information content (AvgIpc) is 3.46. The van der Waals surface area contributed by atoms with Crippen LogP contribution in [0.3, 0.4) is 0 Å². The van der Waals surface area contributed by atoms with Crippen molar-refractivity contribution in [1.29, 1.82) is 0 Å². The van der Waals surface area contributed by atoms with Crippen molar-refractivity contribution < 1.29 is 9.13 Å².